The summed E-state index contributed by atoms with van der Waals surface area (Å²) in [6.45, 7) is 9.10. The first-order valence-electron chi connectivity index (χ1n) is 9.48. The lowest BCUT2D eigenvalue weighted by atomic mass is 10.0. The van der Waals surface area contributed by atoms with Crippen LogP contribution in [0.25, 0.3) is 10.2 Å². The second kappa shape index (κ2) is 8.41. The zero-order valence-corrected chi connectivity index (χ0v) is 18.4. The van der Waals surface area contributed by atoms with E-state index < -0.39 is 11.7 Å². The quantitative estimate of drug-likeness (QED) is 0.544. The predicted molar refractivity (Wildman–Crippen MR) is 119 cm³/mol. The van der Waals surface area contributed by atoms with Gasteiger partial charge >= 0.3 is 6.09 Å². The third kappa shape index (κ3) is 5.14. The molecule has 0 spiro atoms. The van der Waals surface area contributed by atoms with E-state index in [2.05, 4.69) is 15.6 Å². The summed E-state index contributed by atoms with van der Waals surface area (Å²) in [6.07, 6.45) is -0.572. The van der Waals surface area contributed by atoms with Crippen molar-refractivity contribution < 1.29 is 19.4 Å². The molecule has 1 heterocycles. The number of aliphatic hydroxyl groups is 1. The lowest BCUT2D eigenvalue weighted by Crippen LogP contribution is -2.27. The van der Waals surface area contributed by atoms with Gasteiger partial charge in [0.05, 0.1) is 16.8 Å². The number of fused-ring (bicyclic) bond motifs is 1. The average molecular weight is 428 g/mol. The van der Waals surface area contributed by atoms with Crippen molar-refractivity contribution in [2.75, 3.05) is 10.6 Å². The fourth-order valence-electron chi connectivity index (χ4n) is 3.04. The number of carbonyl (C=O) groups is 2. The molecule has 1 aromatic heterocycles. The van der Waals surface area contributed by atoms with E-state index in [0.29, 0.717) is 16.2 Å². The number of hydrogen-bond donors (Lipinski definition) is 3. The fraction of sp³-hybridized carbons (Fsp3) is 0.318. The zero-order valence-electron chi connectivity index (χ0n) is 17.6. The van der Waals surface area contributed by atoms with Crippen molar-refractivity contribution in [3.63, 3.8) is 0 Å². The monoisotopic (exact) mass is 427 g/mol. The van der Waals surface area contributed by atoms with Gasteiger partial charge in [0.25, 0.3) is 5.91 Å². The SMILES string of the molecule is Cc1cc(CO)cc(C)c1NC(=O)c1ccc2nc(NC(=O)OC(C)(C)C)sc2c1. The van der Waals surface area contributed by atoms with Crippen LogP contribution in [-0.2, 0) is 11.3 Å². The predicted octanol–water partition coefficient (Wildman–Crippen LogP) is 5.00. The summed E-state index contributed by atoms with van der Waals surface area (Å²) < 4.78 is 6.02. The highest BCUT2D eigenvalue weighted by molar-refractivity contribution is 7.22. The number of nitrogens with one attached hydrogen (secondary N) is 2. The first-order valence-corrected chi connectivity index (χ1v) is 10.3. The first-order chi connectivity index (χ1) is 14.1. The molecule has 3 N–H and O–H groups in total. The highest BCUT2D eigenvalue weighted by Crippen LogP contribution is 2.28. The minimum atomic E-state index is -0.600. The Labute approximate surface area is 179 Å². The molecule has 3 rings (SSSR count). The van der Waals surface area contributed by atoms with Crippen LogP contribution in [0.1, 0.15) is 47.8 Å². The number of anilines is 2. The van der Waals surface area contributed by atoms with Crippen molar-refractivity contribution >= 4 is 44.4 Å². The molecule has 0 radical (unpaired) electrons. The molecule has 7 nitrogen and oxygen atoms in total. The molecule has 0 aliphatic rings. The van der Waals surface area contributed by atoms with Crippen LogP contribution >= 0.6 is 11.3 Å². The Bertz CT molecular complexity index is 1090. The molecule has 0 bridgehead atoms. The average Bonchev–Trinajstić information content (AvgIpc) is 3.03. The third-order valence-corrected chi connectivity index (χ3v) is 5.21. The van der Waals surface area contributed by atoms with Crippen molar-refractivity contribution in [3.05, 3.63) is 52.6 Å². The van der Waals surface area contributed by atoms with Crippen LogP contribution in [-0.4, -0.2) is 27.7 Å². The van der Waals surface area contributed by atoms with E-state index in [1.165, 1.54) is 11.3 Å². The number of carbonyl (C=O) groups excluding carboxylic acids is 2. The van der Waals surface area contributed by atoms with Gasteiger partial charge in [0.2, 0.25) is 0 Å². The van der Waals surface area contributed by atoms with Gasteiger partial charge in [-0.25, -0.2) is 9.78 Å². The number of aliphatic hydroxyl groups excluding tert-OH is 1. The molecule has 0 fully saturated rings. The maximum atomic E-state index is 12.8. The second-order valence-electron chi connectivity index (χ2n) is 8.05. The molecule has 3 aromatic rings. The number of aryl methyl sites for hydroxylation is 2. The number of ether oxygens (including phenoxy) is 1. The molecule has 0 atom stereocenters. The number of amides is 2. The Balaban J connectivity index is 1.79. The lowest BCUT2D eigenvalue weighted by Gasteiger charge is -2.18. The van der Waals surface area contributed by atoms with E-state index in [1.54, 1.807) is 39.0 Å². The summed E-state index contributed by atoms with van der Waals surface area (Å²) in [4.78, 5) is 29.1. The number of nitrogens with zero attached hydrogens (tertiary/aromatic N) is 1. The van der Waals surface area contributed by atoms with Gasteiger partial charge in [-0.2, -0.15) is 0 Å². The maximum absolute atomic E-state index is 12.8. The Morgan fingerprint density at radius 3 is 2.37 bits per heavy atom. The summed E-state index contributed by atoms with van der Waals surface area (Å²) in [7, 11) is 0. The van der Waals surface area contributed by atoms with Crippen LogP contribution in [0.5, 0.6) is 0 Å². The van der Waals surface area contributed by atoms with Gasteiger partial charge in [-0.15, -0.1) is 0 Å². The van der Waals surface area contributed by atoms with Crippen molar-refractivity contribution in [2.24, 2.45) is 0 Å². The Morgan fingerprint density at radius 2 is 1.77 bits per heavy atom. The van der Waals surface area contributed by atoms with Gasteiger partial charge in [0.1, 0.15) is 5.60 Å². The van der Waals surface area contributed by atoms with Gasteiger partial charge in [-0.05, 0) is 69.5 Å². The van der Waals surface area contributed by atoms with Crippen molar-refractivity contribution in [1.29, 1.82) is 0 Å². The number of thiazole rings is 1. The van der Waals surface area contributed by atoms with Crippen LogP contribution in [0.3, 0.4) is 0 Å². The van der Waals surface area contributed by atoms with Gasteiger partial charge in [0, 0.05) is 11.3 Å². The standard InChI is InChI=1S/C22H25N3O4S/c1-12-8-14(11-26)9-13(2)18(12)24-19(27)15-6-7-16-17(10-15)30-20(23-16)25-21(28)29-22(3,4)5/h6-10,26H,11H2,1-5H3,(H,24,27)(H,23,25,28). The zero-order chi connectivity index (χ0) is 22.1. The molecule has 0 aliphatic heterocycles. The minimum Gasteiger partial charge on any atom is -0.444 e. The summed E-state index contributed by atoms with van der Waals surface area (Å²) in [5.74, 6) is -0.241. The molecule has 30 heavy (non-hydrogen) atoms. The molecule has 0 aliphatic carbocycles. The molecule has 0 unspecified atom stereocenters. The maximum Gasteiger partial charge on any atom is 0.413 e. The van der Waals surface area contributed by atoms with Crippen molar-refractivity contribution in [1.82, 2.24) is 4.98 Å². The number of rotatable bonds is 4. The number of benzene rings is 2. The number of aromatic nitrogens is 1. The van der Waals surface area contributed by atoms with E-state index in [4.69, 9.17) is 4.74 Å². The molecule has 158 valence electrons. The van der Waals surface area contributed by atoms with Gasteiger partial charge in [-0.1, -0.05) is 23.5 Å². The molecule has 2 aromatic carbocycles. The van der Waals surface area contributed by atoms with Gasteiger partial charge < -0.3 is 15.2 Å². The van der Waals surface area contributed by atoms with E-state index >= 15 is 0 Å². The van der Waals surface area contributed by atoms with E-state index in [1.807, 2.05) is 26.0 Å². The Kier molecular flexibility index (Phi) is 6.09. The smallest absolute Gasteiger partial charge is 0.413 e. The van der Waals surface area contributed by atoms with Crippen LogP contribution in [0, 0.1) is 13.8 Å². The second-order valence-corrected chi connectivity index (χ2v) is 9.08. The van der Waals surface area contributed by atoms with Gasteiger partial charge in [-0.3, -0.25) is 10.1 Å². The van der Waals surface area contributed by atoms with Crippen LogP contribution in [0.4, 0.5) is 15.6 Å². The first kappa shape index (κ1) is 21.7. The minimum absolute atomic E-state index is 0.0440. The summed E-state index contributed by atoms with van der Waals surface area (Å²) in [5, 5.41) is 15.3. The highest BCUT2D eigenvalue weighted by Gasteiger charge is 2.18. The lowest BCUT2D eigenvalue weighted by molar-refractivity contribution is 0.0635. The fourth-order valence-corrected chi connectivity index (χ4v) is 3.93. The van der Waals surface area contributed by atoms with Crippen LogP contribution in [0.15, 0.2) is 30.3 Å². The molecular weight excluding hydrogens is 402 g/mol. The molecule has 0 saturated heterocycles. The molecule has 0 saturated carbocycles. The van der Waals surface area contributed by atoms with Crippen molar-refractivity contribution in [2.45, 2.75) is 46.8 Å². The topological polar surface area (TPSA) is 101 Å². The van der Waals surface area contributed by atoms with Crippen molar-refractivity contribution in [3.8, 4) is 0 Å². The normalized spacial score (nSPS) is 11.4. The molecule has 2 amide bonds. The highest BCUT2D eigenvalue weighted by atomic mass is 32.1. The Morgan fingerprint density at radius 1 is 1.10 bits per heavy atom. The van der Waals surface area contributed by atoms with E-state index in [9.17, 15) is 14.7 Å². The van der Waals surface area contributed by atoms with E-state index in [0.717, 1.165) is 27.1 Å². The third-order valence-electron chi connectivity index (χ3n) is 4.27. The van der Waals surface area contributed by atoms with Crippen LogP contribution in [0.2, 0.25) is 0 Å². The van der Waals surface area contributed by atoms with Gasteiger partial charge in [0.15, 0.2) is 5.13 Å². The molecule has 8 heteroatoms. The van der Waals surface area contributed by atoms with E-state index in [-0.39, 0.29) is 12.5 Å². The largest absolute Gasteiger partial charge is 0.444 e. The molecular formula is C22H25N3O4S. The Hall–Kier alpha value is -2.97. The summed E-state index contributed by atoms with van der Waals surface area (Å²) in [6, 6.07) is 8.89. The number of hydrogen-bond acceptors (Lipinski definition) is 6. The summed E-state index contributed by atoms with van der Waals surface area (Å²) >= 11 is 1.27. The summed E-state index contributed by atoms with van der Waals surface area (Å²) in [5.41, 5.74) is 3.87. The van der Waals surface area contributed by atoms with Crippen LogP contribution < -0.4 is 10.6 Å².